The number of aromatic nitrogens is 1. The molecule has 30 heavy (non-hydrogen) atoms. The van der Waals surface area contributed by atoms with Gasteiger partial charge in [-0.25, -0.2) is 13.4 Å². The summed E-state index contributed by atoms with van der Waals surface area (Å²) in [6, 6.07) is 12.6. The van der Waals surface area contributed by atoms with Crippen LogP contribution in [0.15, 0.2) is 42.5 Å². The Kier molecular flexibility index (Phi) is 5.85. The van der Waals surface area contributed by atoms with Crippen molar-refractivity contribution in [1.82, 2.24) is 9.29 Å². The molecule has 0 bridgehead atoms. The Morgan fingerprint density at radius 2 is 2.00 bits per heavy atom. The van der Waals surface area contributed by atoms with Crippen LogP contribution in [0, 0.1) is 6.92 Å². The van der Waals surface area contributed by atoms with Crippen LogP contribution in [-0.4, -0.2) is 42.5 Å². The molecule has 0 aliphatic carbocycles. The number of hydrogen-bond acceptors (Lipinski definition) is 5. The third-order valence-corrected chi connectivity index (χ3v) is 8.11. The van der Waals surface area contributed by atoms with Crippen molar-refractivity contribution in [1.29, 1.82) is 0 Å². The van der Waals surface area contributed by atoms with Crippen LogP contribution in [0.4, 0.5) is 5.13 Å². The van der Waals surface area contributed by atoms with Crippen molar-refractivity contribution in [2.45, 2.75) is 32.4 Å². The molecule has 6 nitrogen and oxygen atoms in total. The number of rotatable bonds is 5. The van der Waals surface area contributed by atoms with Crippen molar-refractivity contribution in [3.8, 4) is 0 Å². The van der Waals surface area contributed by atoms with Gasteiger partial charge in [-0.3, -0.25) is 9.69 Å². The highest BCUT2D eigenvalue weighted by Crippen LogP contribution is 2.37. The summed E-state index contributed by atoms with van der Waals surface area (Å²) in [5.74, 6) is -0.255. The van der Waals surface area contributed by atoms with E-state index in [1.165, 1.54) is 15.6 Å². The predicted octanol–water partition coefficient (Wildman–Crippen LogP) is 4.22. The summed E-state index contributed by atoms with van der Waals surface area (Å²) in [5, 5.41) is 1.11. The molecule has 0 saturated carbocycles. The number of anilines is 1. The summed E-state index contributed by atoms with van der Waals surface area (Å²) in [5.41, 5.74) is 2.68. The van der Waals surface area contributed by atoms with Gasteiger partial charge in [-0.05, 0) is 37.0 Å². The van der Waals surface area contributed by atoms with Crippen LogP contribution in [0.25, 0.3) is 10.2 Å². The Balaban J connectivity index is 1.78. The molecule has 0 N–H and O–H groups in total. The van der Waals surface area contributed by atoms with Crippen LogP contribution in [0.2, 0.25) is 5.02 Å². The van der Waals surface area contributed by atoms with Gasteiger partial charge in [0.05, 0.1) is 28.0 Å². The summed E-state index contributed by atoms with van der Waals surface area (Å²) >= 11 is 7.73. The van der Waals surface area contributed by atoms with Gasteiger partial charge in [0.1, 0.15) is 6.04 Å². The summed E-state index contributed by atoms with van der Waals surface area (Å²) in [7, 11) is -3.48. The fourth-order valence-corrected chi connectivity index (χ4v) is 6.22. The van der Waals surface area contributed by atoms with Crippen molar-refractivity contribution in [3.63, 3.8) is 0 Å². The minimum Gasteiger partial charge on any atom is -0.282 e. The number of carbonyl (C=O) groups excluding carboxylic acids is 1. The highest BCUT2D eigenvalue weighted by molar-refractivity contribution is 7.88. The van der Waals surface area contributed by atoms with Gasteiger partial charge in [0.25, 0.3) is 0 Å². The zero-order valence-corrected chi connectivity index (χ0v) is 19.1. The second kappa shape index (κ2) is 8.26. The summed E-state index contributed by atoms with van der Waals surface area (Å²) in [6.45, 7) is 2.62. The van der Waals surface area contributed by atoms with E-state index in [0.717, 1.165) is 27.6 Å². The molecule has 0 radical (unpaired) electrons. The number of thiazole rings is 1. The number of halogens is 1. The van der Waals surface area contributed by atoms with Gasteiger partial charge in [0.15, 0.2) is 5.13 Å². The molecule has 158 valence electrons. The number of fused-ring (bicyclic) bond motifs is 1. The standard InChI is InChI=1S/C21H22ClN3O3S2/c1-14-10-11-16(22)19-18(14)23-21(29-19)24(13-15-7-4-3-5-8-15)20(26)17-9-6-12-25(17)30(2,27)28/h3-5,7-8,10-11,17H,6,9,12-13H2,1-2H3. The van der Waals surface area contributed by atoms with Gasteiger partial charge < -0.3 is 0 Å². The van der Waals surface area contributed by atoms with Gasteiger partial charge in [-0.15, -0.1) is 0 Å². The minimum atomic E-state index is -3.48. The fraction of sp³-hybridized carbons (Fsp3) is 0.333. The van der Waals surface area contributed by atoms with Crippen LogP contribution in [0.1, 0.15) is 24.0 Å². The third kappa shape index (κ3) is 4.09. The molecule has 1 saturated heterocycles. The van der Waals surface area contributed by atoms with Crippen molar-refractivity contribution < 1.29 is 13.2 Å². The van der Waals surface area contributed by atoms with Gasteiger partial charge >= 0.3 is 0 Å². The van der Waals surface area contributed by atoms with E-state index >= 15 is 0 Å². The zero-order valence-electron chi connectivity index (χ0n) is 16.7. The number of carbonyl (C=O) groups is 1. The number of hydrogen-bond donors (Lipinski definition) is 0. The average molecular weight is 464 g/mol. The van der Waals surface area contributed by atoms with Crippen LogP contribution < -0.4 is 4.90 Å². The Hall–Kier alpha value is -2.00. The fourth-order valence-electron chi connectivity index (χ4n) is 3.78. The van der Waals surface area contributed by atoms with E-state index in [2.05, 4.69) is 0 Å². The van der Waals surface area contributed by atoms with Crippen molar-refractivity contribution >= 4 is 54.2 Å². The van der Waals surface area contributed by atoms with E-state index in [4.69, 9.17) is 16.6 Å². The normalized spacial score (nSPS) is 17.5. The molecule has 1 unspecified atom stereocenters. The summed E-state index contributed by atoms with van der Waals surface area (Å²) in [6.07, 6.45) is 2.32. The van der Waals surface area contributed by atoms with Gasteiger partial charge in [-0.1, -0.05) is 59.3 Å². The van der Waals surface area contributed by atoms with E-state index in [1.807, 2.05) is 49.4 Å². The van der Waals surface area contributed by atoms with E-state index in [9.17, 15) is 13.2 Å². The molecule has 1 amide bonds. The maximum Gasteiger partial charge on any atom is 0.247 e. The molecular formula is C21H22ClN3O3S2. The lowest BCUT2D eigenvalue weighted by Crippen LogP contribution is -2.47. The molecule has 2 heterocycles. The topological polar surface area (TPSA) is 70.6 Å². The average Bonchev–Trinajstić information content (AvgIpc) is 3.37. The molecule has 2 aromatic carbocycles. The van der Waals surface area contributed by atoms with Crippen LogP contribution in [0.5, 0.6) is 0 Å². The highest BCUT2D eigenvalue weighted by atomic mass is 35.5. The Morgan fingerprint density at radius 3 is 2.67 bits per heavy atom. The van der Waals surface area contributed by atoms with Crippen molar-refractivity contribution in [2.24, 2.45) is 0 Å². The molecule has 1 atom stereocenters. The van der Waals surface area contributed by atoms with Crippen LogP contribution in [0.3, 0.4) is 0 Å². The smallest absolute Gasteiger partial charge is 0.247 e. The number of aryl methyl sites for hydroxylation is 1. The largest absolute Gasteiger partial charge is 0.282 e. The van der Waals surface area contributed by atoms with Gasteiger partial charge in [0, 0.05) is 6.54 Å². The van der Waals surface area contributed by atoms with Gasteiger partial charge in [0.2, 0.25) is 15.9 Å². The molecular weight excluding hydrogens is 442 g/mol. The van der Waals surface area contributed by atoms with E-state index in [0.29, 0.717) is 36.1 Å². The first-order chi connectivity index (χ1) is 14.3. The van der Waals surface area contributed by atoms with Crippen molar-refractivity contribution in [3.05, 3.63) is 58.6 Å². The Bertz CT molecular complexity index is 1160. The lowest BCUT2D eigenvalue weighted by Gasteiger charge is -2.27. The molecule has 9 heteroatoms. The first-order valence-corrected chi connectivity index (χ1v) is 12.7. The lowest BCUT2D eigenvalue weighted by molar-refractivity contribution is -0.121. The molecule has 1 aromatic heterocycles. The first kappa shape index (κ1) is 21.2. The first-order valence-electron chi connectivity index (χ1n) is 9.63. The molecule has 1 aliphatic rings. The number of amides is 1. The molecule has 1 aliphatic heterocycles. The lowest BCUT2D eigenvalue weighted by atomic mass is 10.1. The Labute approximate surface area is 185 Å². The van der Waals surface area contributed by atoms with Crippen LogP contribution >= 0.6 is 22.9 Å². The molecule has 1 fully saturated rings. The van der Waals surface area contributed by atoms with Gasteiger partial charge in [-0.2, -0.15) is 4.31 Å². The van der Waals surface area contributed by atoms with Crippen molar-refractivity contribution in [2.75, 3.05) is 17.7 Å². The summed E-state index contributed by atoms with van der Waals surface area (Å²) in [4.78, 5) is 19.9. The number of sulfonamides is 1. The number of nitrogens with zero attached hydrogens (tertiary/aromatic N) is 3. The second-order valence-electron chi connectivity index (χ2n) is 7.48. The van der Waals surface area contributed by atoms with E-state index < -0.39 is 16.1 Å². The SMILES string of the molecule is Cc1ccc(Cl)c2sc(N(Cc3ccccc3)C(=O)C3CCCN3S(C)(=O)=O)nc12. The van der Waals surface area contributed by atoms with E-state index in [-0.39, 0.29) is 5.91 Å². The third-order valence-electron chi connectivity index (χ3n) is 5.28. The zero-order chi connectivity index (χ0) is 21.5. The number of benzene rings is 2. The minimum absolute atomic E-state index is 0.255. The van der Waals surface area contributed by atoms with E-state index in [1.54, 1.807) is 4.90 Å². The quantitative estimate of drug-likeness (QED) is 0.568. The highest BCUT2D eigenvalue weighted by Gasteiger charge is 2.39. The maximum atomic E-state index is 13.6. The van der Waals surface area contributed by atoms with Crippen LogP contribution in [-0.2, 0) is 21.4 Å². The Morgan fingerprint density at radius 1 is 1.27 bits per heavy atom. The molecule has 4 rings (SSSR count). The maximum absolute atomic E-state index is 13.6. The molecule has 3 aromatic rings. The molecule has 0 spiro atoms. The monoisotopic (exact) mass is 463 g/mol. The summed E-state index contributed by atoms with van der Waals surface area (Å²) < 4.78 is 26.6. The second-order valence-corrected chi connectivity index (χ2v) is 10.8. The predicted molar refractivity (Wildman–Crippen MR) is 122 cm³/mol.